The predicted molar refractivity (Wildman–Crippen MR) is 107 cm³/mol. The van der Waals surface area contributed by atoms with Crippen LogP contribution in [0.4, 0.5) is 0 Å². The van der Waals surface area contributed by atoms with Crippen molar-refractivity contribution >= 4 is 11.9 Å². The third kappa shape index (κ3) is 13.2. The van der Waals surface area contributed by atoms with E-state index in [2.05, 4.69) is 20.8 Å². The van der Waals surface area contributed by atoms with Gasteiger partial charge in [0, 0.05) is 12.8 Å². The number of esters is 1. The van der Waals surface area contributed by atoms with Crippen LogP contribution in [0.1, 0.15) is 124 Å². The average molecular weight is 371 g/mol. The number of carboxylic acid groups (broad SMARTS) is 1. The van der Waals surface area contributed by atoms with Crippen molar-refractivity contribution < 1.29 is 19.4 Å². The molecule has 0 amide bonds. The highest BCUT2D eigenvalue weighted by Crippen LogP contribution is 2.28. The maximum absolute atomic E-state index is 12.2. The standard InChI is InChI=1S/C22H42O4/c1-4-7-8-9-13-16-19-22(5-2,6-3)26-21(25)18-15-12-10-11-14-17-20(23)24/h4-19H2,1-3H3,(H,23,24). The minimum absolute atomic E-state index is 0.0646. The number of carboxylic acids is 1. The SMILES string of the molecule is CCCCCCCCC(CC)(CC)OC(=O)CCCCCCCC(=O)O. The van der Waals surface area contributed by atoms with E-state index in [9.17, 15) is 9.59 Å². The topological polar surface area (TPSA) is 63.6 Å². The molecular weight excluding hydrogens is 328 g/mol. The van der Waals surface area contributed by atoms with Crippen LogP contribution in [0.2, 0.25) is 0 Å². The summed E-state index contributed by atoms with van der Waals surface area (Å²) in [7, 11) is 0. The van der Waals surface area contributed by atoms with E-state index >= 15 is 0 Å². The molecule has 0 unspecified atom stereocenters. The lowest BCUT2D eigenvalue weighted by Crippen LogP contribution is -2.33. The van der Waals surface area contributed by atoms with Crippen LogP contribution in [0.25, 0.3) is 0 Å². The van der Waals surface area contributed by atoms with Crippen molar-refractivity contribution in [2.75, 3.05) is 0 Å². The molecule has 0 radical (unpaired) electrons. The molecule has 4 heteroatoms. The van der Waals surface area contributed by atoms with Gasteiger partial charge in [-0.15, -0.1) is 0 Å². The molecule has 0 saturated carbocycles. The highest BCUT2D eigenvalue weighted by atomic mass is 16.6. The first-order valence-corrected chi connectivity index (χ1v) is 10.9. The van der Waals surface area contributed by atoms with Gasteiger partial charge in [-0.3, -0.25) is 9.59 Å². The van der Waals surface area contributed by atoms with Crippen LogP contribution in [-0.4, -0.2) is 22.6 Å². The molecule has 0 aliphatic carbocycles. The normalized spacial score (nSPS) is 11.5. The summed E-state index contributed by atoms with van der Waals surface area (Å²) in [4.78, 5) is 22.7. The molecule has 1 N–H and O–H groups in total. The van der Waals surface area contributed by atoms with E-state index in [1.165, 1.54) is 32.1 Å². The lowest BCUT2D eigenvalue weighted by molar-refractivity contribution is -0.162. The van der Waals surface area contributed by atoms with Crippen molar-refractivity contribution in [1.82, 2.24) is 0 Å². The summed E-state index contributed by atoms with van der Waals surface area (Å²) in [6.45, 7) is 6.47. The van der Waals surface area contributed by atoms with Crippen LogP contribution in [0.15, 0.2) is 0 Å². The van der Waals surface area contributed by atoms with Crippen molar-refractivity contribution in [3.05, 3.63) is 0 Å². The van der Waals surface area contributed by atoms with Gasteiger partial charge < -0.3 is 9.84 Å². The Balaban J connectivity index is 3.95. The highest BCUT2D eigenvalue weighted by Gasteiger charge is 2.29. The third-order valence-electron chi connectivity index (χ3n) is 5.38. The summed E-state index contributed by atoms with van der Waals surface area (Å²) in [6, 6.07) is 0. The zero-order valence-corrected chi connectivity index (χ0v) is 17.5. The van der Waals surface area contributed by atoms with Crippen LogP contribution in [-0.2, 0) is 14.3 Å². The molecule has 0 aromatic carbocycles. The number of rotatable bonds is 18. The lowest BCUT2D eigenvalue weighted by Gasteiger charge is -2.32. The first-order valence-electron chi connectivity index (χ1n) is 10.9. The highest BCUT2D eigenvalue weighted by molar-refractivity contribution is 5.69. The molecule has 0 aromatic heterocycles. The van der Waals surface area contributed by atoms with Gasteiger partial charge in [0.05, 0.1) is 0 Å². The Kier molecular flexibility index (Phi) is 15.5. The van der Waals surface area contributed by atoms with Crippen molar-refractivity contribution in [2.45, 2.75) is 129 Å². The molecule has 0 spiro atoms. The Morgan fingerprint density at radius 3 is 1.77 bits per heavy atom. The Morgan fingerprint density at radius 2 is 1.23 bits per heavy atom. The summed E-state index contributed by atoms with van der Waals surface area (Å²) in [5.41, 5.74) is -0.274. The van der Waals surface area contributed by atoms with Crippen molar-refractivity contribution in [3.63, 3.8) is 0 Å². The second-order valence-electron chi connectivity index (χ2n) is 7.54. The molecule has 0 aromatic rings. The first kappa shape index (κ1) is 24.9. The molecule has 0 bridgehead atoms. The zero-order chi connectivity index (χ0) is 19.7. The van der Waals surface area contributed by atoms with Gasteiger partial charge in [0.25, 0.3) is 0 Å². The van der Waals surface area contributed by atoms with Gasteiger partial charge in [-0.05, 0) is 38.5 Å². The Morgan fingerprint density at radius 1 is 0.731 bits per heavy atom. The average Bonchev–Trinajstić information content (AvgIpc) is 2.62. The molecule has 0 fully saturated rings. The Labute approximate surface area is 161 Å². The number of unbranched alkanes of at least 4 members (excludes halogenated alkanes) is 9. The molecule has 0 aliphatic heterocycles. The fraction of sp³-hybridized carbons (Fsp3) is 0.909. The predicted octanol–water partition coefficient (Wildman–Crippen LogP) is 6.65. The van der Waals surface area contributed by atoms with Gasteiger partial charge in [-0.2, -0.15) is 0 Å². The second-order valence-corrected chi connectivity index (χ2v) is 7.54. The summed E-state index contributed by atoms with van der Waals surface area (Å²) >= 11 is 0. The monoisotopic (exact) mass is 370 g/mol. The molecule has 0 aliphatic rings. The van der Waals surface area contributed by atoms with E-state index in [4.69, 9.17) is 9.84 Å². The molecule has 0 saturated heterocycles. The number of hydrogen-bond acceptors (Lipinski definition) is 3. The molecule has 0 heterocycles. The Hall–Kier alpha value is -1.06. The first-order chi connectivity index (χ1) is 12.5. The van der Waals surface area contributed by atoms with Gasteiger partial charge in [0.2, 0.25) is 0 Å². The van der Waals surface area contributed by atoms with E-state index in [1.54, 1.807) is 0 Å². The molecule has 26 heavy (non-hydrogen) atoms. The minimum atomic E-state index is -0.727. The quantitative estimate of drug-likeness (QED) is 0.216. The van der Waals surface area contributed by atoms with Crippen LogP contribution in [0.5, 0.6) is 0 Å². The molecule has 0 atom stereocenters. The number of ether oxygens (including phenoxy) is 1. The van der Waals surface area contributed by atoms with E-state index < -0.39 is 5.97 Å². The summed E-state index contributed by atoms with van der Waals surface area (Å²) in [6.07, 6.45) is 15.5. The second kappa shape index (κ2) is 16.1. The van der Waals surface area contributed by atoms with Crippen molar-refractivity contribution in [1.29, 1.82) is 0 Å². The third-order valence-corrected chi connectivity index (χ3v) is 5.38. The lowest BCUT2D eigenvalue weighted by atomic mass is 9.90. The van der Waals surface area contributed by atoms with E-state index in [-0.39, 0.29) is 18.0 Å². The number of hydrogen-bond donors (Lipinski definition) is 1. The number of carbonyl (C=O) groups is 2. The van der Waals surface area contributed by atoms with Gasteiger partial charge in [0.1, 0.15) is 5.60 Å². The fourth-order valence-corrected chi connectivity index (χ4v) is 3.39. The van der Waals surface area contributed by atoms with Crippen molar-refractivity contribution in [3.8, 4) is 0 Å². The molecule has 0 rings (SSSR count). The van der Waals surface area contributed by atoms with Gasteiger partial charge in [-0.25, -0.2) is 0 Å². The van der Waals surface area contributed by atoms with E-state index in [0.29, 0.717) is 6.42 Å². The summed E-state index contributed by atoms with van der Waals surface area (Å²) in [5, 5.41) is 8.60. The van der Waals surface area contributed by atoms with Gasteiger partial charge in [-0.1, -0.05) is 72.1 Å². The van der Waals surface area contributed by atoms with Crippen LogP contribution in [0.3, 0.4) is 0 Å². The number of aliphatic carboxylic acids is 1. The smallest absolute Gasteiger partial charge is 0.306 e. The fourth-order valence-electron chi connectivity index (χ4n) is 3.39. The summed E-state index contributed by atoms with van der Waals surface area (Å²) in [5.74, 6) is -0.792. The maximum Gasteiger partial charge on any atom is 0.306 e. The van der Waals surface area contributed by atoms with Crippen LogP contribution in [0, 0.1) is 0 Å². The van der Waals surface area contributed by atoms with Gasteiger partial charge >= 0.3 is 11.9 Å². The molecule has 4 nitrogen and oxygen atoms in total. The van der Waals surface area contributed by atoms with E-state index in [1.807, 2.05) is 0 Å². The zero-order valence-electron chi connectivity index (χ0n) is 17.5. The largest absolute Gasteiger partial charge is 0.481 e. The van der Waals surface area contributed by atoms with E-state index in [0.717, 1.165) is 57.8 Å². The Bertz CT molecular complexity index is 361. The van der Waals surface area contributed by atoms with Gasteiger partial charge in [0.15, 0.2) is 0 Å². The van der Waals surface area contributed by atoms with Crippen molar-refractivity contribution in [2.24, 2.45) is 0 Å². The maximum atomic E-state index is 12.2. The minimum Gasteiger partial charge on any atom is -0.481 e. The molecule has 154 valence electrons. The number of carbonyl (C=O) groups excluding carboxylic acids is 1. The molecular formula is C22H42O4. The van der Waals surface area contributed by atoms with Crippen LogP contribution >= 0.6 is 0 Å². The van der Waals surface area contributed by atoms with Crippen LogP contribution < -0.4 is 0 Å². The summed E-state index contributed by atoms with van der Waals surface area (Å²) < 4.78 is 5.91.